The monoisotopic (exact) mass is 135 g/mol. The second-order valence-corrected chi connectivity index (χ2v) is 2.30. The molecule has 0 aromatic heterocycles. The van der Waals surface area contributed by atoms with Gasteiger partial charge in [0.25, 0.3) is 0 Å². The maximum atomic E-state index is 5.05. The van der Waals surface area contributed by atoms with Crippen LogP contribution in [0.25, 0.3) is 0 Å². The summed E-state index contributed by atoms with van der Waals surface area (Å²) in [6.45, 7) is 8.70. The first-order valence-electron chi connectivity index (χ1n) is 3.80. The van der Waals surface area contributed by atoms with Crippen molar-refractivity contribution in [2.75, 3.05) is 0 Å². The minimum atomic E-state index is 1.06. The summed E-state index contributed by atoms with van der Waals surface area (Å²) in [7, 11) is 0. The fraction of sp³-hybridized carbons (Fsp3) is 0.500. The van der Waals surface area contributed by atoms with E-state index in [9.17, 15) is 0 Å². The van der Waals surface area contributed by atoms with Crippen LogP contribution in [0.3, 0.4) is 0 Å². The zero-order valence-electron chi connectivity index (χ0n) is 6.47. The van der Waals surface area contributed by atoms with Gasteiger partial charge in [-0.25, -0.2) is 0 Å². The van der Waals surface area contributed by atoms with Crippen LogP contribution in [0.4, 0.5) is 0 Å². The summed E-state index contributed by atoms with van der Waals surface area (Å²) in [4.78, 5) is 0. The van der Waals surface area contributed by atoms with Crippen molar-refractivity contribution in [1.29, 1.82) is 0 Å². The summed E-state index contributed by atoms with van der Waals surface area (Å²) in [6, 6.07) is 0. The largest absolute Gasteiger partial charge is 0.125 e. The Morgan fingerprint density at radius 3 is 2.50 bits per heavy atom. The Labute approximate surface area is 64.0 Å². The molecule has 0 spiro atoms. The normalized spacial score (nSPS) is 8.40. The summed E-state index contributed by atoms with van der Waals surface area (Å²) in [6.07, 6.45) is 9.78. The van der Waals surface area contributed by atoms with E-state index in [4.69, 9.17) is 6.58 Å². The van der Waals surface area contributed by atoms with E-state index >= 15 is 0 Å². The van der Waals surface area contributed by atoms with Crippen LogP contribution in [0.2, 0.25) is 0 Å². The fourth-order valence-corrected chi connectivity index (χ4v) is 0.795. The molecule has 0 saturated heterocycles. The van der Waals surface area contributed by atoms with E-state index in [0.717, 1.165) is 12.8 Å². The lowest BCUT2D eigenvalue weighted by molar-refractivity contribution is 0.697. The van der Waals surface area contributed by atoms with Gasteiger partial charge in [-0.3, -0.25) is 0 Å². The molecular formula is C10H15. The number of unbranched alkanes of at least 4 members (excludes halogenated alkanes) is 4. The van der Waals surface area contributed by atoms with Crippen molar-refractivity contribution < 1.29 is 0 Å². The predicted octanol–water partition coefficient (Wildman–Crippen LogP) is 3.27. The van der Waals surface area contributed by atoms with Crippen molar-refractivity contribution in [3.8, 4) is 0 Å². The lowest BCUT2D eigenvalue weighted by Gasteiger charge is -1.92. The number of hydrogen-bond acceptors (Lipinski definition) is 0. The van der Waals surface area contributed by atoms with Gasteiger partial charge in [-0.15, -0.1) is 12.3 Å². The van der Waals surface area contributed by atoms with Crippen molar-refractivity contribution in [2.45, 2.75) is 32.1 Å². The highest BCUT2D eigenvalue weighted by molar-refractivity contribution is 4.73. The Balaban J connectivity index is 2.90. The smallest absolute Gasteiger partial charge is 0.0126 e. The molecule has 0 aromatic carbocycles. The van der Waals surface area contributed by atoms with Gasteiger partial charge in [0.1, 0.15) is 0 Å². The molecule has 0 heteroatoms. The van der Waals surface area contributed by atoms with Gasteiger partial charge < -0.3 is 0 Å². The fourth-order valence-electron chi connectivity index (χ4n) is 0.795. The Morgan fingerprint density at radius 1 is 1.20 bits per heavy atom. The maximum Gasteiger partial charge on any atom is -0.0126 e. The summed E-state index contributed by atoms with van der Waals surface area (Å²) in [5, 5.41) is 0. The molecule has 0 fully saturated rings. The van der Waals surface area contributed by atoms with Crippen molar-refractivity contribution in [2.24, 2.45) is 0 Å². The van der Waals surface area contributed by atoms with Crippen molar-refractivity contribution in [3.63, 3.8) is 0 Å². The van der Waals surface area contributed by atoms with Gasteiger partial charge in [0, 0.05) is 0 Å². The van der Waals surface area contributed by atoms with Gasteiger partial charge in [0.15, 0.2) is 0 Å². The zero-order valence-corrected chi connectivity index (χ0v) is 6.47. The minimum absolute atomic E-state index is 1.06. The average Bonchev–Trinajstić information content (AvgIpc) is 1.97. The third-order valence-electron chi connectivity index (χ3n) is 1.37. The topological polar surface area (TPSA) is 0 Å². The second-order valence-electron chi connectivity index (χ2n) is 2.30. The molecule has 0 atom stereocenters. The van der Waals surface area contributed by atoms with E-state index in [1.807, 2.05) is 12.2 Å². The summed E-state index contributed by atoms with van der Waals surface area (Å²) in [5.41, 5.74) is 2.51. The lowest BCUT2D eigenvalue weighted by atomic mass is 10.1. The lowest BCUT2D eigenvalue weighted by Crippen LogP contribution is -1.73. The van der Waals surface area contributed by atoms with Crippen LogP contribution < -0.4 is 0 Å². The van der Waals surface area contributed by atoms with Crippen LogP contribution in [0.5, 0.6) is 0 Å². The summed E-state index contributed by atoms with van der Waals surface area (Å²) < 4.78 is 0. The first kappa shape index (κ1) is 9.26. The van der Waals surface area contributed by atoms with Gasteiger partial charge in [-0.05, 0) is 38.3 Å². The molecule has 0 unspecified atom stereocenters. The van der Waals surface area contributed by atoms with Crippen LogP contribution in [0, 0.1) is 6.58 Å². The molecule has 0 N–H and O–H groups in total. The van der Waals surface area contributed by atoms with Gasteiger partial charge in [-0.2, -0.15) is 0 Å². The molecule has 1 radical (unpaired) electrons. The first-order chi connectivity index (χ1) is 4.91. The molecule has 0 heterocycles. The van der Waals surface area contributed by atoms with E-state index < -0.39 is 0 Å². The summed E-state index contributed by atoms with van der Waals surface area (Å²) in [5.74, 6) is 0. The molecule has 0 aliphatic rings. The maximum absolute atomic E-state index is 5.05. The van der Waals surface area contributed by atoms with E-state index in [0.29, 0.717) is 0 Å². The van der Waals surface area contributed by atoms with Crippen molar-refractivity contribution in [1.82, 2.24) is 0 Å². The van der Waals surface area contributed by atoms with Gasteiger partial charge in [-0.1, -0.05) is 12.5 Å². The van der Waals surface area contributed by atoms with Crippen LogP contribution in [0.1, 0.15) is 32.1 Å². The van der Waals surface area contributed by atoms with E-state index in [1.54, 1.807) is 0 Å². The molecule has 55 valence electrons. The highest BCUT2D eigenvalue weighted by Crippen LogP contribution is 2.02. The average molecular weight is 135 g/mol. The summed E-state index contributed by atoms with van der Waals surface area (Å²) >= 11 is 0. The Kier molecular flexibility index (Phi) is 7.65. The SMILES string of the molecule is [CH]=C=CCCCCCC=C. The minimum Gasteiger partial charge on any atom is -0.125 e. The Hall–Kier alpha value is -0.740. The molecule has 10 heavy (non-hydrogen) atoms. The number of hydrogen-bond donors (Lipinski definition) is 0. The van der Waals surface area contributed by atoms with E-state index in [1.165, 1.54) is 19.3 Å². The highest BCUT2D eigenvalue weighted by atomic mass is 13.9. The van der Waals surface area contributed by atoms with Crippen molar-refractivity contribution in [3.05, 3.63) is 31.0 Å². The van der Waals surface area contributed by atoms with Crippen LogP contribution in [-0.4, -0.2) is 0 Å². The Morgan fingerprint density at radius 2 is 1.90 bits per heavy atom. The molecule has 0 bridgehead atoms. The number of rotatable bonds is 6. The highest BCUT2D eigenvalue weighted by Gasteiger charge is 1.83. The van der Waals surface area contributed by atoms with Crippen LogP contribution in [0.15, 0.2) is 24.5 Å². The van der Waals surface area contributed by atoms with Gasteiger partial charge >= 0.3 is 0 Å². The molecule has 0 aromatic rings. The number of allylic oxidation sites excluding steroid dienone is 2. The van der Waals surface area contributed by atoms with Crippen molar-refractivity contribution >= 4 is 0 Å². The Bertz CT molecular complexity index is 116. The standard InChI is InChI=1S/C10H15/c1-3-5-7-9-10-8-6-4-2/h1,4-5H,2,6-10H2. The van der Waals surface area contributed by atoms with E-state index in [-0.39, 0.29) is 0 Å². The van der Waals surface area contributed by atoms with Gasteiger partial charge in [0.2, 0.25) is 0 Å². The zero-order chi connectivity index (χ0) is 7.66. The predicted molar refractivity (Wildman–Crippen MR) is 45.7 cm³/mol. The third kappa shape index (κ3) is 7.26. The molecule has 0 amide bonds. The van der Waals surface area contributed by atoms with Crippen LogP contribution in [-0.2, 0) is 0 Å². The van der Waals surface area contributed by atoms with Crippen LogP contribution >= 0.6 is 0 Å². The van der Waals surface area contributed by atoms with Gasteiger partial charge in [0.05, 0.1) is 0 Å². The first-order valence-corrected chi connectivity index (χ1v) is 3.80. The molecule has 0 aliphatic heterocycles. The third-order valence-corrected chi connectivity index (χ3v) is 1.37. The molecule has 0 nitrogen and oxygen atoms in total. The second kappa shape index (κ2) is 8.26. The molecule has 0 saturated carbocycles. The molecule has 0 aliphatic carbocycles. The molecule has 0 rings (SSSR count). The van der Waals surface area contributed by atoms with E-state index in [2.05, 4.69) is 12.3 Å². The molecular weight excluding hydrogens is 120 g/mol. The quantitative estimate of drug-likeness (QED) is 0.298.